The van der Waals surface area contributed by atoms with E-state index in [2.05, 4.69) is 15.5 Å². The van der Waals surface area contributed by atoms with Gasteiger partial charge in [0.1, 0.15) is 5.82 Å². The summed E-state index contributed by atoms with van der Waals surface area (Å²) in [5, 5.41) is 20.2. The molecular formula is C12H12ClFN4O2. The number of carboxylic acid groups (broad SMARTS) is 1. The van der Waals surface area contributed by atoms with Crippen LogP contribution >= 0.6 is 11.6 Å². The molecule has 0 aliphatic rings. The van der Waals surface area contributed by atoms with Crippen molar-refractivity contribution in [3.63, 3.8) is 0 Å². The average molecular weight is 299 g/mol. The third-order valence-corrected chi connectivity index (χ3v) is 3.13. The standard InChI is InChI=1S/C12H12ClFN4O2/c1-2-8(6-11(19)20)18-12(15-16-17-18)9-4-3-7(13)5-10(9)14/h3-5,8H,2,6H2,1H3,(H,19,20). The van der Waals surface area contributed by atoms with E-state index in [9.17, 15) is 9.18 Å². The number of halogens is 2. The Morgan fingerprint density at radius 1 is 1.55 bits per heavy atom. The van der Waals surface area contributed by atoms with E-state index >= 15 is 0 Å². The van der Waals surface area contributed by atoms with Crippen LogP contribution in [0.2, 0.25) is 5.02 Å². The van der Waals surface area contributed by atoms with Crippen molar-refractivity contribution in [3.05, 3.63) is 29.0 Å². The first-order valence-electron chi connectivity index (χ1n) is 5.98. The predicted octanol–water partition coefficient (Wildman–Crippen LogP) is 2.56. The van der Waals surface area contributed by atoms with Gasteiger partial charge in [-0.3, -0.25) is 4.79 Å². The maximum Gasteiger partial charge on any atom is 0.305 e. The van der Waals surface area contributed by atoms with Gasteiger partial charge >= 0.3 is 5.97 Å². The summed E-state index contributed by atoms with van der Waals surface area (Å²) in [6, 6.07) is 3.71. The smallest absolute Gasteiger partial charge is 0.305 e. The highest BCUT2D eigenvalue weighted by Crippen LogP contribution is 2.26. The number of tetrazole rings is 1. The van der Waals surface area contributed by atoms with Gasteiger partial charge in [0.25, 0.3) is 0 Å². The fourth-order valence-corrected chi connectivity index (χ4v) is 2.05. The number of rotatable bonds is 5. The second-order valence-corrected chi connectivity index (χ2v) is 4.67. The van der Waals surface area contributed by atoms with E-state index in [0.29, 0.717) is 6.42 Å². The fourth-order valence-electron chi connectivity index (χ4n) is 1.89. The van der Waals surface area contributed by atoms with E-state index in [-0.39, 0.29) is 22.8 Å². The summed E-state index contributed by atoms with van der Waals surface area (Å²) in [6.07, 6.45) is 0.378. The van der Waals surface area contributed by atoms with Crippen molar-refractivity contribution in [3.8, 4) is 11.4 Å². The third kappa shape index (κ3) is 2.93. The van der Waals surface area contributed by atoms with Crippen LogP contribution in [0.5, 0.6) is 0 Å². The zero-order valence-corrected chi connectivity index (χ0v) is 11.4. The summed E-state index contributed by atoms with van der Waals surface area (Å²) >= 11 is 5.70. The Kier molecular flexibility index (Phi) is 4.29. The molecule has 0 fully saturated rings. The van der Waals surface area contributed by atoms with Gasteiger partial charge in [0.2, 0.25) is 0 Å². The Hall–Kier alpha value is -2.02. The summed E-state index contributed by atoms with van der Waals surface area (Å²) in [6.45, 7) is 1.82. The zero-order chi connectivity index (χ0) is 14.7. The molecule has 2 aromatic rings. The Labute approximate surface area is 119 Å². The van der Waals surface area contributed by atoms with Gasteiger partial charge < -0.3 is 5.11 Å². The van der Waals surface area contributed by atoms with Crippen molar-refractivity contribution in [2.75, 3.05) is 0 Å². The topological polar surface area (TPSA) is 80.9 Å². The molecule has 8 heteroatoms. The molecule has 0 bridgehead atoms. The maximum absolute atomic E-state index is 13.9. The number of aliphatic carboxylic acids is 1. The van der Waals surface area contributed by atoms with Crippen molar-refractivity contribution in [1.29, 1.82) is 0 Å². The lowest BCUT2D eigenvalue weighted by molar-refractivity contribution is -0.138. The molecule has 0 radical (unpaired) electrons. The van der Waals surface area contributed by atoms with Crippen molar-refractivity contribution in [2.45, 2.75) is 25.8 Å². The van der Waals surface area contributed by atoms with Crippen LogP contribution < -0.4 is 0 Å². The first-order valence-corrected chi connectivity index (χ1v) is 6.35. The molecular weight excluding hydrogens is 287 g/mol. The van der Waals surface area contributed by atoms with Gasteiger partial charge in [0.05, 0.1) is 18.0 Å². The minimum absolute atomic E-state index is 0.135. The Balaban J connectivity index is 2.43. The molecule has 6 nitrogen and oxygen atoms in total. The van der Waals surface area contributed by atoms with Gasteiger partial charge in [-0.2, -0.15) is 0 Å². The fraction of sp³-hybridized carbons (Fsp3) is 0.333. The van der Waals surface area contributed by atoms with Gasteiger partial charge in [-0.15, -0.1) is 5.10 Å². The molecule has 1 aromatic heterocycles. The lowest BCUT2D eigenvalue weighted by Crippen LogP contribution is -2.16. The number of benzene rings is 1. The molecule has 0 saturated carbocycles. The SMILES string of the molecule is CCC(CC(=O)O)n1nnnc1-c1ccc(Cl)cc1F. The molecule has 0 saturated heterocycles. The molecule has 0 amide bonds. The molecule has 20 heavy (non-hydrogen) atoms. The maximum atomic E-state index is 13.9. The second-order valence-electron chi connectivity index (χ2n) is 4.23. The van der Waals surface area contributed by atoms with Crippen LogP contribution in [0.25, 0.3) is 11.4 Å². The van der Waals surface area contributed by atoms with E-state index in [1.54, 1.807) is 0 Å². The Bertz CT molecular complexity index is 632. The van der Waals surface area contributed by atoms with Gasteiger partial charge in [-0.25, -0.2) is 9.07 Å². The number of carboxylic acids is 1. The second kappa shape index (κ2) is 5.96. The van der Waals surface area contributed by atoms with E-state index < -0.39 is 17.8 Å². The largest absolute Gasteiger partial charge is 0.481 e. The van der Waals surface area contributed by atoms with Crippen LogP contribution in [0.1, 0.15) is 25.8 Å². The number of carbonyl (C=O) groups is 1. The normalized spacial score (nSPS) is 12.3. The molecule has 0 aliphatic heterocycles. The van der Waals surface area contributed by atoms with E-state index in [1.165, 1.54) is 16.8 Å². The molecule has 1 atom stereocenters. The van der Waals surface area contributed by atoms with E-state index in [1.807, 2.05) is 6.92 Å². The summed E-state index contributed by atoms with van der Waals surface area (Å²) in [7, 11) is 0. The highest BCUT2D eigenvalue weighted by atomic mass is 35.5. The van der Waals surface area contributed by atoms with E-state index in [4.69, 9.17) is 16.7 Å². The van der Waals surface area contributed by atoms with Crippen molar-refractivity contribution in [2.24, 2.45) is 0 Å². The minimum Gasteiger partial charge on any atom is -0.481 e. The first-order chi connectivity index (χ1) is 9.52. The highest BCUT2D eigenvalue weighted by Gasteiger charge is 2.21. The quantitative estimate of drug-likeness (QED) is 0.917. The van der Waals surface area contributed by atoms with Crippen LogP contribution in [0.4, 0.5) is 4.39 Å². The molecule has 1 unspecified atom stereocenters. The first kappa shape index (κ1) is 14.4. The Morgan fingerprint density at radius 2 is 2.30 bits per heavy atom. The summed E-state index contributed by atoms with van der Waals surface area (Å²) in [5.41, 5.74) is 0.184. The summed E-state index contributed by atoms with van der Waals surface area (Å²) in [4.78, 5) is 10.8. The van der Waals surface area contributed by atoms with Gasteiger partial charge in [-0.1, -0.05) is 18.5 Å². The van der Waals surface area contributed by atoms with Crippen LogP contribution in [0.3, 0.4) is 0 Å². The van der Waals surface area contributed by atoms with Crippen molar-refractivity contribution >= 4 is 17.6 Å². The molecule has 1 aromatic carbocycles. The van der Waals surface area contributed by atoms with Crippen LogP contribution in [0, 0.1) is 5.82 Å². The number of nitrogens with zero attached hydrogens (tertiary/aromatic N) is 4. The van der Waals surface area contributed by atoms with Crippen molar-refractivity contribution in [1.82, 2.24) is 20.2 Å². The lowest BCUT2D eigenvalue weighted by Gasteiger charge is -2.14. The number of aromatic nitrogens is 4. The zero-order valence-electron chi connectivity index (χ0n) is 10.6. The monoisotopic (exact) mass is 298 g/mol. The predicted molar refractivity (Wildman–Crippen MR) is 69.8 cm³/mol. The number of hydrogen-bond donors (Lipinski definition) is 1. The summed E-state index contributed by atoms with van der Waals surface area (Å²) in [5.74, 6) is -1.33. The molecule has 2 rings (SSSR count). The molecule has 0 spiro atoms. The minimum atomic E-state index is -0.963. The highest BCUT2D eigenvalue weighted by molar-refractivity contribution is 6.30. The lowest BCUT2D eigenvalue weighted by atomic mass is 10.1. The average Bonchev–Trinajstić information content (AvgIpc) is 2.84. The molecule has 1 N–H and O–H groups in total. The molecule has 106 valence electrons. The summed E-state index contributed by atoms with van der Waals surface area (Å²) < 4.78 is 15.2. The molecule has 0 aliphatic carbocycles. The Morgan fingerprint density at radius 3 is 2.90 bits per heavy atom. The van der Waals surface area contributed by atoms with Crippen LogP contribution in [-0.2, 0) is 4.79 Å². The number of hydrogen-bond acceptors (Lipinski definition) is 4. The van der Waals surface area contributed by atoms with E-state index in [0.717, 1.165) is 6.07 Å². The van der Waals surface area contributed by atoms with Crippen molar-refractivity contribution < 1.29 is 14.3 Å². The van der Waals surface area contributed by atoms with Crippen LogP contribution in [0.15, 0.2) is 18.2 Å². The third-order valence-electron chi connectivity index (χ3n) is 2.89. The van der Waals surface area contributed by atoms with Crippen LogP contribution in [-0.4, -0.2) is 31.3 Å². The molecule has 1 heterocycles. The van der Waals surface area contributed by atoms with Gasteiger partial charge in [0.15, 0.2) is 5.82 Å². The van der Waals surface area contributed by atoms with Gasteiger partial charge in [0, 0.05) is 5.02 Å². The van der Waals surface area contributed by atoms with Gasteiger partial charge in [-0.05, 0) is 35.0 Å².